The first-order valence-electron chi connectivity index (χ1n) is 14.0. The molecule has 200 valence electrons. The Morgan fingerprint density at radius 2 is 1.53 bits per heavy atom. The van der Waals surface area contributed by atoms with Gasteiger partial charge in [0, 0.05) is 50.7 Å². The van der Waals surface area contributed by atoms with Crippen LogP contribution in [-0.2, 0) is 16.0 Å². The molecule has 0 bridgehead atoms. The molecule has 2 aliphatic heterocycles. The molecule has 0 radical (unpaired) electrons. The number of aromatic nitrogens is 2. The molecule has 2 amide bonds. The van der Waals surface area contributed by atoms with Gasteiger partial charge in [0.2, 0.25) is 0 Å². The first kappa shape index (κ1) is 25.1. The highest BCUT2D eigenvalue weighted by Crippen LogP contribution is 2.37. The lowest BCUT2D eigenvalue weighted by atomic mass is 9.78. The van der Waals surface area contributed by atoms with Crippen molar-refractivity contribution in [1.82, 2.24) is 19.4 Å². The van der Waals surface area contributed by atoms with Crippen molar-refractivity contribution in [1.29, 1.82) is 0 Å². The third kappa shape index (κ3) is 5.20. The van der Waals surface area contributed by atoms with Crippen LogP contribution in [0.25, 0.3) is 11.0 Å². The molecule has 0 unspecified atom stereocenters. The molecule has 3 aromatic rings. The Bertz CT molecular complexity index is 1280. The van der Waals surface area contributed by atoms with Crippen LogP contribution in [0.4, 0.5) is 0 Å². The fourth-order valence-corrected chi connectivity index (χ4v) is 6.20. The molecule has 8 heteroatoms. The SMILES string of the molecule is O=C(c1cccc(C2CCC(Cn3cc(C(=O)N4CCOCC4)c4ncccc43)CC2)c1)N1CCOCC1. The Morgan fingerprint density at radius 3 is 2.24 bits per heavy atom. The molecule has 3 fully saturated rings. The van der Waals surface area contributed by atoms with Gasteiger partial charge in [-0.15, -0.1) is 0 Å². The Balaban J connectivity index is 1.12. The molecule has 2 saturated heterocycles. The Hall–Kier alpha value is -3.23. The monoisotopic (exact) mass is 516 g/mol. The highest BCUT2D eigenvalue weighted by molar-refractivity contribution is 6.05. The summed E-state index contributed by atoms with van der Waals surface area (Å²) in [5.74, 6) is 1.18. The van der Waals surface area contributed by atoms with Gasteiger partial charge in [0.1, 0.15) is 5.52 Å². The van der Waals surface area contributed by atoms with Crippen LogP contribution in [0.3, 0.4) is 0 Å². The van der Waals surface area contributed by atoms with Crippen molar-refractivity contribution in [3.63, 3.8) is 0 Å². The van der Waals surface area contributed by atoms with Gasteiger partial charge in [-0.25, -0.2) is 0 Å². The molecule has 6 rings (SSSR count). The lowest BCUT2D eigenvalue weighted by molar-refractivity contribution is 0.0301. The van der Waals surface area contributed by atoms with Gasteiger partial charge >= 0.3 is 0 Å². The van der Waals surface area contributed by atoms with Gasteiger partial charge < -0.3 is 23.8 Å². The van der Waals surface area contributed by atoms with E-state index in [0.717, 1.165) is 48.8 Å². The summed E-state index contributed by atoms with van der Waals surface area (Å²) >= 11 is 0. The summed E-state index contributed by atoms with van der Waals surface area (Å²) < 4.78 is 13.1. The van der Waals surface area contributed by atoms with Gasteiger partial charge in [0.05, 0.1) is 37.5 Å². The number of carbonyl (C=O) groups excluding carboxylic acids is 2. The molecule has 0 spiro atoms. The number of morpholine rings is 2. The number of pyridine rings is 1. The molecule has 4 heterocycles. The minimum Gasteiger partial charge on any atom is -0.378 e. The lowest BCUT2D eigenvalue weighted by Gasteiger charge is -2.30. The first-order chi connectivity index (χ1) is 18.7. The van der Waals surface area contributed by atoms with E-state index in [1.807, 2.05) is 34.2 Å². The Labute approximate surface area is 223 Å². The molecular weight excluding hydrogens is 480 g/mol. The van der Waals surface area contributed by atoms with E-state index in [-0.39, 0.29) is 11.8 Å². The number of benzene rings is 1. The van der Waals surface area contributed by atoms with Crippen molar-refractivity contribution in [3.05, 3.63) is 65.5 Å². The van der Waals surface area contributed by atoms with Crippen LogP contribution in [-0.4, -0.2) is 83.8 Å². The summed E-state index contributed by atoms with van der Waals surface area (Å²) in [7, 11) is 0. The van der Waals surface area contributed by atoms with E-state index in [0.29, 0.717) is 70.0 Å². The molecule has 0 atom stereocenters. The number of rotatable bonds is 5. The van der Waals surface area contributed by atoms with Crippen LogP contribution in [0, 0.1) is 5.92 Å². The van der Waals surface area contributed by atoms with Crippen LogP contribution in [0.5, 0.6) is 0 Å². The second-order valence-corrected chi connectivity index (χ2v) is 10.7. The molecule has 3 aliphatic rings. The van der Waals surface area contributed by atoms with Crippen LogP contribution >= 0.6 is 0 Å². The molecule has 1 saturated carbocycles. The summed E-state index contributed by atoms with van der Waals surface area (Å²) in [6.45, 7) is 5.88. The second-order valence-electron chi connectivity index (χ2n) is 10.7. The van der Waals surface area contributed by atoms with E-state index in [4.69, 9.17) is 9.47 Å². The summed E-state index contributed by atoms with van der Waals surface area (Å²) in [5, 5.41) is 0. The van der Waals surface area contributed by atoms with E-state index in [1.54, 1.807) is 6.20 Å². The predicted octanol–water partition coefficient (Wildman–Crippen LogP) is 3.96. The third-order valence-corrected chi connectivity index (χ3v) is 8.37. The molecule has 38 heavy (non-hydrogen) atoms. The summed E-state index contributed by atoms with van der Waals surface area (Å²) in [6, 6.07) is 12.3. The third-order valence-electron chi connectivity index (χ3n) is 8.37. The predicted molar refractivity (Wildman–Crippen MR) is 144 cm³/mol. The minimum atomic E-state index is 0.0472. The summed E-state index contributed by atoms with van der Waals surface area (Å²) in [4.78, 5) is 34.6. The van der Waals surface area contributed by atoms with Gasteiger partial charge in [-0.1, -0.05) is 12.1 Å². The quantitative estimate of drug-likeness (QED) is 0.513. The fourth-order valence-electron chi connectivity index (χ4n) is 6.20. The Kier molecular flexibility index (Phi) is 7.42. The van der Waals surface area contributed by atoms with Crippen LogP contribution in [0.1, 0.15) is 57.9 Å². The largest absolute Gasteiger partial charge is 0.378 e. The number of fused-ring (bicyclic) bond motifs is 1. The zero-order valence-electron chi connectivity index (χ0n) is 21.9. The maximum Gasteiger partial charge on any atom is 0.257 e. The van der Waals surface area contributed by atoms with Crippen LogP contribution in [0.2, 0.25) is 0 Å². The van der Waals surface area contributed by atoms with E-state index < -0.39 is 0 Å². The van der Waals surface area contributed by atoms with Gasteiger partial charge in [-0.3, -0.25) is 14.6 Å². The number of nitrogens with zero attached hydrogens (tertiary/aromatic N) is 4. The average Bonchev–Trinajstić information content (AvgIpc) is 3.36. The van der Waals surface area contributed by atoms with Crippen molar-refractivity contribution < 1.29 is 19.1 Å². The van der Waals surface area contributed by atoms with E-state index in [2.05, 4.69) is 27.8 Å². The number of carbonyl (C=O) groups is 2. The lowest BCUT2D eigenvalue weighted by Crippen LogP contribution is -2.40. The van der Waals surface area contributed by atoms with Gasteiger partial charge in [-0.05, 0) is 67.3 Å². The second kappa shape index (κ2) is 11.3. The highest BCUT2D eigenvalue weighted by Gasteiger charge is 2.27. The summed E-state index contributed by atoms with van der Waals surface area (Å²) in [5.41, 5.74) is 4.57. The van der Waals surface area contributed by atoms with Gasteiger partial charge in [0.15, 0.2) is 0 Å². The molecule has 8 nitrogen and oxygen atoms in total. The van der Waals surface area contributed by atoms with Crippen LogP contribution in [0.15, 0.2) is 48.8 Å². The zero-order chi connectivity index (χ0) is 25.9. The number of amides is 2. The van der Waals surface area contributed by atoms with Gasteiger partial charge in [-0.2, -0.15) is 0 Å². The van der Waals surface area contributed by atoms with Crippen molar-refractivity contribution in [2.24, 2.45) is 5.92 Å². The van der Waals surface area contributed by atoms with E-state index in [9.17, 15) is 9.59 Å². The first-order valence-corrected chi connectivity index (χ1v) is 14.0. The van der Waals surface area contributed by atoms with Crippen molar-refractivity contribution in [2.45, 2.75) is 38.1 Å². The number of ether oxygens (including phenoxy) is 2. The van der Waals surface area contributed by atoms with Crippen molar-refractivity contribution in [3.8, 4) is 0 Å². The molecule has 0 N–H and O–H groups in total. The maximum atomic E-state index is 13.3. The van der Waals surface area contributed by atoms with Crippen molar-refractivity contribution >= 4 is 22.8 Å². The molecule has 1 aromatic carbocycles. The average molecular weight is 517 g/mol. The minimum absolute atomic E-state index is 0.0472. The maximum absolute atomic E-state index is 13.3. The highest BCUT2D eigenvalue weighted by atomic mass is 16.5. The van der Waals surface area contributed by atoms with E-state index in [1.165, 1.54) is 5.56 Å². The van der Waals surface area contributed by atoms with Gasteiger partial charge in [0.25, 0.3) is 11.8 Å². The number of hydrogen-bond acceptors (Lipinski definition) is 5. The van der Waals surface area contributed by atoms with Crippen molar-refractivity contribution in [2.75, 3.05) is 52.6 Å². The van der Waals surface area contributed by atoms with E-state index >= 15 is 0 Å². The zero-order valence-corrected chi connectivity index (χ0v) is 21.9. The molecular formula is C30H36N4O4. The Morgan fingerprint density at radius 1 is 0.842 bits per heavy atom. The normalized spacial score (nSPS) is 22.5. The van der Waals surface area contributed by atoms with Crippen LogP contribution < -0.4 is 0 Å². The topological polar surface area (TPSA) is 76.9 Å². The fraction of sp³-hybridized carbons (Fsp3) is 0.500. The summed E-state index contributed by atoms with van der Waals surface area (Å²) in [6.07, 6.45) is 8.25. The smallest absolute Gasteiger partial charge is 0.257 e. The molecule has 1 aliphatic carbocycles. The standard InChI is InChI=1S/C30H36N4O4/c35-29(32-11-15-37-16-12-32)25-4-1-3-24(19-25)23-8-6-22(7-9-23)20-34-21-26(28-27(34)5-2-10-31-28)30(36)33-13-17-38-18-14-33/h1-5,10,19,21-23H,6-9,11-18,20H2. The number of hydrogen-bond donors (Lipinski definition) is 0. The molecule has 2 aromatic heterocycles.